The van der Waals surface area contributed by atoms with E-state index >= 15 is 0 Å². The Morgan fingerprint density at radius 3 is 1.26 bits per heavy atom. The fraction of sp³-hybridized carbons (Fsp3) is 0.429. The molecule has 2 aromatic carbocycles. The van der Waals surface area contributed by atoms with Gasteiger partial charge in [0, 0.05) is 35.0 Å². The minimum absolute atomic E-state index is 0.125. The van der Waals surface area contributed by atoms with Gasteiger partial charge in [-0.1, -0.05) is 76.0 Å². The van der Waals surface area contributed by atoms with Crippen LogP contribution in [0.2, 0.25) is 0 Å². The van der Waals surface area contributed by atoms with Gasteiger partial charge in [-0.2, -0.15) is 0 Å². The zero-order chi connectivity index (χ0) is 28.6. The summed E-state index contributed by atoms with van der Waals surface area (Å²) < 4.78 is 13.6. The standard InChI is InChI=1S/C35H46N2O2/c1-24-17-19-34(32(3,4)5,38-30-13-9-28(36)10-14-30)22-26(24)21-27-23-35(33(6,7)8,20-18-25(27)2)39-31-15-11-29(37)12-16-31/h9-20H,21-23,36-37H2,1-8H3. The molecule has 0 bridgehead atoms. The highest BCUT2D eigenvalue weighted by Crippen LogP contribution is 2.48. The first-order valence-electron chi connectivity index (χ1n) is 14.0. The van der Waals surface area contributed by atoms with Crippen LogP contribution in [0.3, 0.4) is 0 Å². The van der Waals surface area contributed by atoms with Crippen molar-refractivity contribution in [1.29, 1.82) is 0 Å². The summed E-state index contributed by atoms with van der Waals surface area (Å²) in [5.74, 6) is 1.67. The van der Waals surface area contributed by atoms with E-state index in [0.717, 1.165) is 42.1 Å². The van der Waals surface area contributed by atoms with Gasteiger partial charge < -0.3 is 20.9 Å². The van der Waals surface area contributed by atoms with E-state index in [1.54, 1.807) is 0 Å². The molecule has 0 saturated heterocycles. The summed E-state index contributed by atoms with van der Waals surface area (Å²) in [6.45, 7) is 18.0. The molecule has 0 radical (unpaired) electrons. The molecule has 0 saturated carbocycles. The van der Waals surface area contributed by atoms with Crippen LogP contribution >= 0.6 is 0 Å². The highest BCUT2D eigenvalue weighted by Gasteiger charge is 2.47. The summed E-state index contributed by atoms with van der Waals surface area (Å²) in [5, 5.41) is 0. The predicted octanol–water partition coefficient (Wildman–Crippen LogP) is 8.82. The molecule has 4 rings (SSSR count). The van der Waals surface area contributed by atoms with Gasteiger partial charge in [-0.25, -0.2) is 0 Å². The molecule has 2 aliphatic carbocycles. The first kappa shape index (κ1) is 28.6. The molecule has 0 amide bonds. The average Bonchev–Trinajstić information content (AvgIpc) is 2.85. The Balaban J connectivity index is 1.64. The van der Waals surface area contributed by atoms with Gasteiger partial charge in [-0.15, -0.1) is 0 Å². The third-order valence-electron chi connectivity index (χ3n) is 8.60. The topological polar surface area (TPSA) is 70.5 Å². The van der Waals surface area contributed by atoms with Gasteiger partial charge in [0.25, 0.3) is 0 Å². The summed E-state index contributed by atoms with van der Waals surface area (Å²) in [5.41, 5.74) is 17.6. The number of benzene rings is 2. The van der Waals surface area contributed by atoms with E-state index in [2.05, 4.69) is 79.7 Å². The minimum Gasteiger partial charge on any atom is -0.482 e. The van der Waals surface area contributed by atoms with Crippen LogP contribution in [0.4, 0.5) is 11.4 Å². The molecule has 2 aromatic rings. The molecule has 4 N–H and O–H groups in total. The smallest absolute Gasteiger partial charge is 0.136 e. The highest BCUT2D eigenvalue weighted by molar-refractivity contribution is 5.46. The first-order valence-corrected chi connectivity index (χ1v) is 14.0. The van der Waals surface area contributed by atoms with Gasteiger partial charge in [0.15, 0.2) is 0 Å². The molecule has 0 aromatic heterocycles. The Kier molecular flexibility index (Phi) is 7.55. The van der Waals surface area contributed by atoms with E-state index < -0.39 is 11.2 Å². The molecule has 0 heterocycles. The Labute approximate surface area is 235 Å². The van der Waals surface area contributed by atoms with E-state index in [0.29, 0.717) is 0 Å². The van der Waals surface area contributed by atoms with Gasteiger partial charge in [0.1, 0.15) is 22.7 Å². The van der Waals surface area contributed by atoms with E-state index in [9.17, 15) is 0 Å². The Hall–Kier alpha value is -3.40. The number of hydrogen-bond acceptors (Lipinski definition) is 4. The second-order valence-corrected chi connectivity index (χ2v) is 13.4. The second kappa shape index (κ2) is 10.3. The largest absolute Gasteiger partial charge is 0.482 e. The zero-order valence-electron chi connectivity index (χ0n) is 25.0. The summed E-state index contributed by atoms with van der Waals surface area (Å²) in [4.78, 5) is 0. The molecule has 2 aliphatic rings. The van der Waals surface area contributed by atoms with E-state index in [4.69, 9.17) is 20.9 Å². The van der Waals surface area contributed by atoms with Crippen LogP contribution in [0.5, 0.6) is 11.5 Å². The van der Waals surface area contributed by atoms with Crippen LogP contribution < -0.4 is 20.9 Å². The van der Waals surface area contributed by atoms with Crippen LogP contribution in [-0.4, -0.2) is 11.2 Å². The van der Waals surface area contributed by atoms with Crippen LogP contribution in [0.1, 0.15) is 74.7 Å². The monoisotopic (exact) mass is 526 g/mol. The van der Waals surface area contributed by atoms with Crippen molar-refractivity contribution in [3.05, 3.63) is 95.1 Å². The maximum Gasteiger partial charge on any atom is 0.136 e. The van der Waals surface area contributed by atoms with Crippen LogP contribution in [0, 0.1) is 10.8 Å². The number of hydrogen-bond donors (Lipinski definition) is 2. The number of rotatable bonds is 6. The molecule has 0 aliphatic heterocycles. The highest BCUT2D eigenvalue weighted by atomic mass is 16.5. The fourth-order valence-electron chi connectivity index (χ4n) is 5.42. The molecule has 0 spiro atoms. The molecule has 4 heteroatoms. The lowest BCUT2D eigenvalue weighted by Gasteiger charge is -2.47. The maximum atomic E-state index is 6.80. The molecular formula is C35H46N2O2. The van der Waals surface area contributed by atoms with Crippen molar-refractivity contribution in [2.75, 3.05) is 11.5 Å². The number of nitrogen functional groups attached to an aromatic ring is 2. The quantitative estimate of drug-likeness (QED) is 0.369. The number of anilines is 2. The summed E-state index contributed by atoms with van der Waals surface area (Å²) in [6, 6.07) is 15.5. The lowest BCUT2D eigenvalue weighted by atomic mass is 9.66. The van der Waals surface area contributed by atoms with Crippen molar-refractivity contribution in [3.63, 3.8) is 0 Å². The van der Waals surface area contributed by atoms with Gasteiger partial charge in [-0.3, -0.25) is 0 Å². The summed E-state index contributed by atoms with van der Waals surface area (Å²) in [7, 11) is 0. The van der Waals surface area contributed by atoms with Gasteiger partial charge in [0.2, 0.25) is 0 Å². The fourth-order valence-corrected chi connectivity index (χ4v) is 5.42. The summed E-state index contributed by atoms with van der Waals surface area (Å²) in [6.07, 6.45) is 11.5. The molecule has 39 heavy (non-hydrogen) atoms. The molecule has 2 unspecified atom stereocenters. The molecule has 208 valence electrons. The Bertz CT molecular complexity index is 1210. The predicted molar refractivity (Wildman–Crippen MR) is 165 cm³/mol. The van der Waals surface area contributed by atoms with E-state index in [-0.39, 0.29) is 10.8 Å². The minimum atomic E-state index is -0.474. The number of nitrogens with two attached hydrogens (primary N) is 2. The van der Waals surface area contributed by atoms with Crippen molar-refractivity contribution >= 4 is 11.4 Å². The van der Waals surface area contributed by atoms with Crippen LogP contribution in [0.25, 0.3) is 0 Å². The van der Waals surface area contributed by atoms with E-state index in [1.165, 1.54) is 22.3 Å². The van der Waals surface area contributed by atoms with Gasteiger partial charge >= 0.3 is 0 Å². The SMILES string of the molecule is CC1=C(CC2=C(C)C=CC(Oc3ccc(N)cc3)(C(C)(C)C)C2)CC(Oc2ccc(N)cc2)(C(C)(C)C)C=C1. The third-order valence-corrected chi connectivity index (χ3v) is 8.60. The molecule has 4 nitrogen and oxygen atoms in total. The molecule has 0 fully saturated rings. The third kappa shape index (κ3) is 5.95. The first-order chi connectivity index (χ1) is 18.1. The second-order valence-electron chi connectivity index (χ2n) is 13.4. The van der Waals surface area contributed by atoms with Crippen molar-refractivity contribution < 1.29 is 9.47 Å². The van der Waals surface area contributed by atoms with Crippen LogP contribution in [0.15, 0.2) is 95.1 Å². The lowest BCUT2D eigenvalue weighted by Crippen LogP contribution is -2.49. The zero-order valence-corrected chi connectivity index (χ0v) is 25.0. The maximum absolute atomic E-state index is 6.80. The van der Waals surface area contributed by atoms with Gasteiger partial charge in [-0.05, 0) is 81.0 Å². The lowest BCUT2D eigenvalue weighted by molar-refractivity contribution is 0.00651. The number of allylic oxidation sites excluding steroid dienone is 4. The summed E-state index contributed by atoms with van der Waals surface area (Å²) >= 11 is 0. The normalized spacial score (nSPS) is 23.8. The molecular weight excluding hydrogens is 480 g/mol. The van der Waals surface area contributed by atoms with E-state index in [1.807, 2.05) is 48.5 Å². The van der Waals surface area contributed by atoms with Gasteiger partial charge in [0.05, 0.1) is 0 Å². The van der Waals surface area contributed by atoms with Crippen molar-refractivity contribution in [1.82, 2.24) is 0 Å². The Morgan fingerprint density at radius 1 is 0.615 bits per heavy atom. The van der Waals surface area contributed by atoms with Crippen molar-refractivity contribution in [3.8, 4) is 11.5 Å². The van der Waals surface area contributed by atoms with Crippen molar-refractivity contribution in [2.24, 2.45) is 10.8 Å². The van der Waals surface area contributed by atoms with Crippen LogP contribution in [-0.2, 0) is 0 Å². The Morgan fingerprint density at radius 2 is 0.949 bits per heavy atom. The number of ether oxygens (including phenoxy) is 2. The van der Waals surface area contributed by atoms with Crippen molar-refractivity contribution in [2.45, 2.75) is 85.9 Å². The average molecular weight is 527 g/mol. The molecule has 2 atom stereocenters.